The standard InChI is InChI=1S/C11H15ClN2O/c1-8(7-13)14(2)11(15)9-3-5-10(12)6-4-9/h3-6,8H,7,13H2,1-2H3. The molecule has 82 valence electrons. The van der Waals surface area contributed by atoms with Gasteiger partial charge in [-0.15, -0.1) is 0 Å². The first-order chi connectivity index (χ1) is 7.06. The molecule has 0 aliphatic carbocycles. The van der Waals surface area contributed by atoms with Crippen molar-refractivity contribution in [2.45, 2.75) is 13.0 Å². The van der Waals surface area contributed by atoms with Gasteiger partial charge in [0, 0.05) is 30.2 Å². The molecule has 4 heteroatoms. The Hall–Kier alpha value is -1.06. The Balaban J connectivity index is 2.80. The number of amides is 1. The highest BCUT2D eigenvalue weighted by molar-refractivity contribution is 6.30. The van der Waals surface area contributed by atoms with Crippen LogP contribution >= 0.6 is 11.6 Å². The Morgan fingerprint density at radius 1 is 1.47 bits per heavy atom. The molecule has 1 unspecified atom stereocenters. The van der Waals surface area contributed by atoms with Crippen LogP contribution in [0.4, 0.5) is 0 Å². The van der Waals surface area contributed by atoms with Crippen molar-refractivity contribution in [1.82, 2.24) is 4.90 Å². The molecule has 1 rings (SSSR count). The predicted octanol–water partition coefficient (Wildman–Crippen LogP) is 1.76. The van der Waals surface area contributed by atoms with Crippen LogP contribution in [0.2, 0.25) is 5.02 Å². The molecule has 0 bridgehead atoms. The van der Waals surface area contributed by atoms with E-state index < -0.39 is 0 Å². The van der Waals surface area contributed by atoms with Crippen LogP contribution in [-0.4, -0.2) is 30.4 Å². The minimum atomic E-state index is -0.0374. The summed E-state index contributed by atoms with van der Waals surface area (Å²) >= 11 is 5.74. The zero-order chi connectivity index (χ0) is 11.4. The van der Waals surface area contributed by atoms with Crippen LogP contribution in [0, 0.1) is 0 Å². The zero-order valence-electron chi connectivity index (χ0n) is 8.90. The first-order valence-corrected chi connectivity index (χ1v) is 5.17. The van der Waals surface area contributed by atoms with E-state index in [4.69, 9.17) is 17.3 Å². The number of benzene rings is 1. The van der Waals surface area contributed by atoms with Gasteiger partial charge in [0.05, 0.1) is 0 Å². The average Bonchev–Trinajstić information content (AvgIpc) is 2.27. The van der Waals surface area contributed by atoms with Gasteiger partial charge < -0.3 is 10.6 Å². The number of nitrogens with two attached hydrogens (primary N) is 1. The third-order valence-electron chi connectivity index (χ3n) is 2.41. The van der Waals surface area contributed by atoms with Gasteiger partial charge in [-0.3, -0.25) is 4.79 Å². The molecule has 0 fully saturated rings. The van der Waals surface area contributed by atoms with Crippen LogP contribution in [0.3, 0.4) is 0 Å². The summed E-state index contributed by atoms with van der Waals surface area (Å²) in [5, 5.41) is 0.626. The van der Waals surface area contributed by atoms with Crippen molar-refractivity contribution in [1.29, 1.82) is 0 Å². The number of halogens is 1. The van der Waals surface area contributed by atoms with Gasteiger partial charge in [-0.25, -0.2) is 0 Å². The molecule has 0 saturated heterocycles. The van der Waals surface area contributed by atoms with E-state index in [1.54, 1.807) is 36.2 Å². The van der Waals surface area contributed by atoms with Crippen LogP contribution in [-0.2, 0) is 0 Å². The summed E-state index contributed by atoms with van der Waals surface area (Å²) in [5.41, 5.74) is 6.12. The SMILES string of the molecule is CC(CN)N(C)C(=O)c1ccc(Cl)cc1. The lowest BCUT2D eigenvalue weighted by Gasteiger charge is -2.23. The van der Waals surface area contributed by atoms with Crippen molar-refractivity contribution in [2.24, 2.45) is 5.73 Å². The summed E-state index contributed by atoms with van der Waals surface area (Å²) in [4.78, 5) is 13.5. The predicted molar refractivity (Wildman–Crippen MR) is 62.1 cm³/mol. The maximum atomic E-state index is 11.9. The number of likely N-dealkylation sites (N-methyl/N-ethyl adjacent to an activating group) is 1. The van der Waals surface area contributed by atoms with E-state index in [1.165, 1.54) is 0 Å². The molecule has 1 aromatic carbocycles. The molecule has 0 saturated carbocycles. The molecule has 2 N–H and O–H groups in total. The topological polar surface area (TPSA) is 46.3 Å². The molecule has 1 atom stereocenters. The minimum Gasteiger partial charge on any atom is -0.338 e. The van der Waals surface area contributed by atoms with Gasteiger partial charge in [-0.2, -0.15) is 0 Å². The first-order valence-electron chi connectivity index (χ1n) is 4.79. The number of rotatable bonds is 3. The third kappa shape index (κ3) is 2.94. The quantitative estimate of drug-likeness (QED) is 0.854. The molecular weight excluding hydrogens is 212 g/mol. The average molecular weight is 227 g/mol. The maximum absolute atomic E-state index is 11.9. The van der Waals surface area contributed by atoms with E-state index in [2.05, 4.69) is 0 Å². The fourth-order valence-electron chi connectivity index (χ4n) is 1.15. The molecule has 0 aliphatic rings. The Kier molecular flexibility index (Phi) is 4.12. The summed E-state index contributed by atoms with van der Waals surface area (Å²) in [6.45, 7) is 2.36. The van der Waals surface area contributed by atoms with Crippen molar-refractivity contribution in [2.75, 3.05) is 13.6 Å². The van der Waals surface area contributed by atoms with E-state index in [0.29, 0.717) is 17.1 Å². The molecule has 0 radical (unpaired) electrons. The van der Waals surface area contributed by atoms with Crippen LogP contribution in [0.25, 0.3) is 0 Å². The van der Waals surface area contributed by atoms with Crippen molar-refractivity contribution in [3.05, 3.63) is 34.9 Å². The lowest BCUT2D eigenvalue weighted by atomic mass is 10.2. The summed E-state index contributed by atoms with van der Waals surface area (Å²) in [6, 6.07) is 6.87. The van der Waals surface area contributed by atoms with Gasteiger partial charge in [0.25, 0.3) is 5.91 Å². The third-order valence-corrected chi connectivity index (χ3v) is 2.67. The van der Waals surface area contributed by atoms with E-state index >= 15 is 0 Å². The fourth-order valence-corrected chi connectivity index (χ4v) is 1.28. The lowest BCUT2D eigenvalue weighted by molar-refractivity contribution is 0.0748. The summed E-state index contributed by atoms with van der Waals surface area (Å²) in [5.74, 6) is -0.0374. The highest BCUT2D eigenvalue weighted by atomic mass is 35.5. The van der Waals surface area contributed by atoms with E-state index in [0.717, 1.165) is 0 Å². The summed E-state index contributed by atoms with van der Waals surface area (Å²) in [6.07, 6.45) is 0. The maximum Gasteiger partial charge on any atom is 0.253 e. The molecular formula is C11H15ClN2O. The molecule has 15 heavy (non-hydrogen) atoms. The molecule has 0 spiro atoms. The van der Waals surface area contributed by atoms with Gasteiger partial charge in [-0.05, 0) is 31.2 Å². The number of carbonyl (C=O) groups excluding carboxylic acids is 1. The van der Waals surface area contributed by atoms with Crippen molar-refractivity contribution < 1.29 is 4.79 Å². The van der Waals surface area contributed by atoms with E-state index in [9.17, 15) is 4.79 Å². The summed E-state index contributed by atoms with van der Waals surface area (Å²) < 4.78 is 0. The second kappa shape index (κ2) is 5.14. The number of carbonyl (C=O) groups is 1. The van der Waals surface area contributed by atoms with Crippen molar-refractivity contribution in [3.63, 3.8) is 0 Å². The molecule has 1 amide bonds. The second-order valence-electron chi connectivity index (χ2n) is 3.51. The number of nitrogens with zero attached hydrogens (tertiary/aromatic N) is 1. The highest BCUT2D eigenvalue weighted by Crippen LogP contribution is 2.11. The number of hydrogen-bond donors (Lipinski definition) is 1. The van der Waals surface area contributed by atoms with E-state index in [-0.39, 0.29) is 11.9 Å². The molecule has 0 aliphatic heterocycles. The lowest BCUT2D eigenvalue weighted by Crippen LogP contribution is -2.39. The Labute approximate surface area is 94.8 Å². The fraction of sp³-hybridized carbons (Fsp3) is 0.364. The van der Waals surface area contributed by atoms with Gasteiger partial charge in [0.2, 0.25) is 0 Å². The van der Waals surface area contributed by atoms with Crippen LogP contribution in [0.1, 0.15) is 17.3 Å². The molecule has 0 aromatic heterocycles. The Morgan fingerprint density at radius 2 is 2.00 bits per heavy atom. The van der Waals surface area contributed by atoms with E-state index in [1.807, 2.05) is 6.92 Å². The minimum absolute atomic E-state index is 0.0354. The van der Waals surface area contributed by atoms with Gasteiger partial charge in [0.15, 0.2) is 0 Å². The van der Waals surface area contributed by atoms with Crippen molar-refractivity contribution >= 4 is 17.5 Å². The van der Waals surface area contributed by atoms with Crippen molar-refractivity contribution in [3.8, 4) is 0 Å². The monoisotopic (exact) mass is 226 g/mol. The van der Waals surface area contributed by atoms with Crippen LogP contribution in [0.5, 0.6) is 0 Å². The van der Waals surface area contributed by atoms with Crippen LogP contribution < -0.4 is 5.73 Å². The van der Waals surface area contributed by atoms with Crippen LogP contribution in [0.15, 0.2) is 24.3 Å². The zero-order valence-corrected chi connectivity index (χ0v) is 9.66. The normalized spacial score (nSPS) is 12.3. The largest absolute Gasteiger partial charge is 0.338 e. The second-order valence-corrected chi connectivity index (χ2v) is 3.94. The smallest absolute Gasteiger partial charge is 0.253 e. The Morgan fingerprint density at radius 3 is 2.47 bits per heavy atom. The highest BCUT2D eigenvalue weighted by Gasteiger charge is 2.15. The van der Waals surface area contributed by atoms with Gasteiger partial charge in [0.1, 0.15) is 0 Å². The molecule has 0 heterocycles. The Bertz CT molecular complexity index is 337. The molecule has 1 aromatic rings. The number of hydrogen-bond acceptors (Lipinski definition) is 2. The molecule has 3 nitrogen and oxygen atoms in total. The van der Waals surface area contributed by atoms with Gasteiger partial charge >= 0.3 is 0 Å². The van der Waals surface area contributed by atoms with Gasteiger partial charge in [-0.1, -0.05) is 11.6 Å². The summed E-state index contributed by atoms with van der Waals surface area (Å²) in [7, 11) is 1.74. The first kappa shape index (κ1) is 12.0.